The van der Waals surface area contributed by atoms with E-state index in [1.165, 1.54) is 11.9 Å². The predicted octanol–water partition coefficient (Wildman–Crippen LogP) is 1.55. The predicted molar refractivity (Wildman–Crippen MR) is 63.3 cm³/mol. The number of aromatic nitrogens is 3. The van der Waals surface area contributed by atoms with Crippen LogP contribution in [0.5, 0.6) is 0 Å². The Morgan fingerprint density at radius 2 is 1.94 bits per heavy atom. The van der Waals surface area contributed by atoms with Crippen LogP contribution in [0.15, 0.2) is 36.9 Å². The molecular weight excluding hydrogens is 200 g/mol. The number of hydrogen-bond acceptors (Lipinski definition) is 3. The van der Waals surface area contributed by atoms with Crippen molar-refractivity contribution in [1.29, 1.82) is 0 Å². The molecule has 0 unspecified atom stereocenters. The highest BCUT2D eigenvalue weighted by Gasteiger charge is 2.11. The van der Waals surface area contributed by atoms with E-state index < -0.39 is 0 Å². The Labute approximate surface area is 95.1 Å². The average molecular weight is 216 g/mol. The second-order valence-corrected chi connectivity index (χ2v) is 4.67. The fourth-order valence-electron chi connectivity index (χ4n) is 1.63. The van der Waals surface area contributed by atoms with Gasteiger partial charge in [-0.1, -0.05) is 12.1 Å². The fourth-order valence-corrected chi connectivity index (χ4v) is 1.63. The van der Waals surface area contributed by atoms with Crippen molar-refractivity contribution in [3.63, 3.8) is 0 Å². The lowest BCUT2D eigenvalue weighted by molar-refractivity contribution is 0.517. The van der Waals surface area contributed by atoms with Crippen LogP contribution >= 0.6 is 0 Å². The summed E-state index contributed by atoms with van der Waals surface area (Å²) in [6.07, 6.45) is 4.07. The summed E-state index contributed by atoms with van der Waals surface area (Å²) in [7, 11) is 0. The van der Waals surface area contributed by atoms with Crippen LogP contribution < -0.4 is 5.73 Å². The number of nitrogens with zero attached hydrogens (tertiary/aromatic N) is 3. The van der Waals surface area contributed by atoms with Crippen LogP contribution in [0, 0.1) is 0 Å². The average Bonchev–Trinajstić information content (AvgIpc) is 2.69. The third-order valence-electron chi connectivity index (χ3n) is 2.28. The molecule has 0 bridgehead atoms. The van der Waals surface area contributed by atoms with Crippen LogP contribution in [0.3, 0.4) is 0 Å². The molecule has 4 heteroatoms. The van der Waals surface area contributed by atoms with Crippen LogP contribution in [-0.4, -0.2) is 20.3 Å². The highest BCUT2D eigenvalue weighted by atomic mass is 15.3. The fraction of sp³-hybridized carbons (Fsp3) is 0.333. The number of rotatable bonds is 3. The molecule has 16 heavy (non-hydrogen) atoms. The van der Waals surface area contributed by atoms with Crippen LogP contribution in [0.4, 0.5) is 0 Å². The van der Waals surface area contributed by atoms with Crippen LogP contribution in [-0.2, 0) is 6.42 Å². The largest absolute Gasteiger partial charge is 0.325 e. The molecule has 0 fully saturated rings. The van der Waals surface area contributed by atoms with Gasteiger partial charge in [0.05, 0.1) is 5.69 Å². The quantitative estimate of drug-likeness (QED) is 0.846. The summed E-state index contributed by atoms with van der Waals surface area (Å²) in [4.78, 5) is 3.91. The monoisotopic (exact) mass is 216 g/mol. The van der Waals surface area contributed by atoms with Gasteiger partial charge in [0.2, 0.25) is 0 Å². The molecule has 1 heterocycles. The van der Waals surface area contributed by atoms with E-state index in [1.54, 1.807) is 11.0 Å². The van der Waals surface area contributed by atoms with Crippen molar-refractivity contribution >= 4 is 0 Å². The normalized spacial score (nSPS) is 11.7. The van der Waals surface area contributed by atoms with Crippen LogP contribution in [0.25, 0.3) is 5.69 Å². The molecule has 0 saturated carbocycles. The topological polar surface area (TPSA) is 56.7 Å². The molecule has 0 saturated heterocycles. The molecule has 0 aliphatic heterocycles. The first-order chi connectivity index (χ1) is 7.54. The second-order valence-electron chi connectivity index (χ2n) is 4.67. The maximum absolute atomic E-state index is 5.97. The molecule has 0 atom stereocenters. The minimum Gasteiger partial charge on any atom is -0.325 e. The van der Waals surface area contributed by atoms with Gasteiger partial charge in [0.1, 0.15) is 12.7 Å². The maximum Gasteiger partial charge on any atom is 0.138 e. The minimum atomic E-state index is -0.172. The molecular formula is C12H16N4. The van der Waals surface area contributed by atoms with E-state index >= 15 is 0 Å². The Kier molecular flexibility index (Phi) is 2.75. The lowest BCUT2D eigenvalue weighted by atomic mass is 9.96. The third kappa shape index (κ3) is 2.67. The summed E-state index contributed by atoms with van der Waals surface area (Å²) < 4.78 is 1.73. The highest BCUT2D eigenvalue weighted by molar-refractivity contribution is 5.33. The van der Waals surface area contributed by atoms with E-state index in [0.717, 1.165) is 12.1 Å². The highest BCUT2D eigenvalue weighted by Crippen LogP contribution is 2.12. The zero-order valence-electron chi connectivity index (χ0n) is 9.59. The zero-order chi connectivity index (χ0) is 11.6. The number of nitrogens with two attached hydrogens (primary N) is 1. The van der Waals surface area contributed by atoms with Crippen molar-refractivity contribution in [3.8, 4) is 5.69 Å². The number of benzene rings is 1. The van der Waals surface area contributed by atoms with Gasteiger partial charge in [-0.3, -0.25) is 0 Å². The standard InChI is InChI=1S/C12H16N4/c1-12(2,13)7-10-3-5-11(6-4-10)16-9-14-8-15-16/h3-6,8-9H,7,13H2,1-2H3. The molecule has 0 aliphatic carbocycles. The molecule has 0 aliphatic rings. The Morgan fingerprint density at radius 3 is 2.44 bits per heavy atom. The summed E-state index contributed by atoms with van der Waals surface area (Å²) in [5.41, 5.74) is 8.04. The summed E-state index contributed by atoms with van der Waals surface area (Å²) in [6, 6.07) is 8.20. The second kappa shape index (κ2) is 4.06. The number of hydrogen-bond donors (Lipinski definition) is 1. The zero-order valence-corrected chi connectivity index (χ0v) is 9.59. The van der Waals surface area contributed by atoms with E-state index in [9.17, 15) is 0 Å². The van der Waals surface area contributed by atoms with Gasteiger partial charge in [-0.25, -0.2) is 9.67 Å². The van der Waals surface area contributed by atoms with Crippen molar-refractivity contribution in [1.82, 2.24) is 14.8 Å². The lowest BCUT2D eigenvalue weighted by Crippen LogP contribution is -2.34. The summed E-state index contributed by atoms with van der Waals surface area (Å²) in [5.74, 6) is 0. The van der Waals surface area contributed by atoms with Gasteiger partial charge in [-0.2, -0.15) is 5.10 Å². The molecule has 84 valence electrons. The van der Waals surface area contributed by atoms with E-state index in [-0.39, 0.29) is 5.54 Å². The first-order valence-electron chi connectivity index (χ1n) is 5.27. The van der Waals surface area contributed by atoms with Gasteiger partial charge < -0.3 is 5.73 Å². The summed E-state index contributed by atoms with van der Waals surface area (Å²) in [5, 5.41) is 4.07. The Balaban J connectivity index is 2.17. The van der Waals surface area contributed by atoms with Gasteiger partial charge in [0, 0.05) is 5.54 Å². The Hall–Kier alpha value is -1.68. The Bertz CT molecular complexity index is 437. The summed E-state index contributed by atoms with van der Waals surface area (Å²) in [6.45, 7) is 4.05. The molecule has 0 spiro atoms. The van der Waals surface area contributed by atoms with Crippen LogP contribution in [0.1, 0.15) is 19.4 Å². The molecule has 0 amide bonds. The smallest absolute Gasteiger partial charge is 0.138 e. The van der Waals surface area contributed by atoms with Crippen molar-refractivity contribution in [2.24, 2.45) is 5.73 Å². The molecule has 1 aromatic carbocycles. The van der Waals surface area contributed by atoms with E-state index in [1.807, 2.05) is 26.0 Å². The molecule has 2 N–H and O–H groups in total. The van der Waals surface area contributed by atoms with Crippen LogP contribution in [0.2, 0.25) is 0 Å². The van der Waals surface area contributed by atoms with E-state index in [4.69, 9.17) is 5.73 Å². The van der Waals surface area contributed by atoms with E-state index in [0.29, 0.717) is 0 Å². The first kappa shape index (κ1) is 10.8. The maximum atomic E-state index is 5.97. The lowest BCUT2D eigenvalue weighted by Gasteiger charge is -2.18. The molecule has 0 radical (unpaired) electrons. The van der Waals surface area contributed by atoms with Crippen molar-refractivity contribution in [2.75, 3.05) is 0 Å². The Morgan fingerprint density at radius 1 is 1.25 bits per heavy atom. The molecule has 4 nitrogen and oxygen atoms in total. The summed E-state index contributed by atoms with van der Waals surface area (Å²) >= 11 is 0. The minimum absolute atomic E-state index is 0.172. The van der Waals surface area contributed by atoms with E-state index in [2.05, 4.69) is 22.2 Å². The van der Waals surface area contributed by atoms with Crippen molar-refractivity contribution in [2.45, 2.75) is 25.8 Å². The molecule has 1 aromatic heterocycles. The van der Waals surface area contributed by atoms with Gasteiger partial charge >= 0.3 is 0 Å². The van der Waals surface area contributed by atoms with Gasteiger partial charge in [-0.05, 0) is 38.0 Å². The van der Waals surface area contributed by atoms with Crippen molar-refractivity contribution < 1.29 is 0 Å². The first-order valence-corrected chi connectivity index (χ1v) is 5.27. The van der Waals surface area contributed by atoms with Crippen molar-refractivity contribution in [3.05, 3.63) is 42.5 Å². The molecule has 2 rings (SSSR count). The third-order valence-corrected chi connectivity index (χ3v) is 2.28. The van der Waals surface area contributed by atoms with Gasteiger partial charge in [0.15, 0.2) is 0 Å². The molecule has 2 aromatic rings. The van der Waals surface area contributed by atoms with Gasteiger partial charge in [0.25, 0.3) is 0 Å². The van der Waals surface area contributed by atoms with Gasteiger partial charge in [-0.15, -0.1) is 0 Å². The SMILES string of the molecule is CC(C)(N)Cc1ccc(-n2cncn2)cc1.